The maximum Gasteiger partial charge on any atom is 0.523 e. The molecule has 0 spiro atoms. The Bertz CT molecular complexity index is 1340. The van der Waals surface area contributed by atoms with Gasteiger partial charge in [-0.1, -0.05) is 43.3 Å². The summed E-state index contributed by atoms with van der Waals surface area (Å²) in [4.78, 5) is 15.0. The van der Waals surface area contributed by atoms with Crippen molar-refractivity contribution in [2.75, 3.05) is 37.2 Å². The van der Waals surface area contributed by atoms with Crippen LogP contribution in [0.2, 0.25) is 0 Å². The second-order valence-electron chi connectivity index (χ2n) is 9.84. The quantitative estimate of drug-likeness (QED) is 0.462. The monoisotopic (exact) mass is 578 g/mol. The number of carbonyl (C=O) groups is 1. The highest BCUT2D eigenvalue weighted by molar-refractivity contribution is 7.89. The first-order valence-electron chi connectivity index (χ1n) is 13.0. The largest absolute Gasteiger partial charge is 0.523 e. The molecule has 2 aromatic rings. The molecule has 8 nitrogen and oxygen atoms in total. The predicted molar refractivity (Wildman–Crippen MR) is 147 cm³/mol. The van der Waals surface area contributed by atoms with Crippen molar-refractivity contribution in [3.05, 3.63) is 89.1 Å². The van der Waals surface area contributed by atoms with E-state index in [1.54, 1.807) is 40.7 Å². The molecule has 3 N–H and O–H groups in total. The fourth-order valence-corrected chi connectivity index (χ4v) is 6.29. The van der Waals surface area contributed by atoms with Crippen LogP contribution in [0, 0.1) is 0 Å². The van der Waals surface area contributed by atoms with E-state index in [9.17, 15) is 26.4 Å². The van der Waals surface area contributed by atoms with Gasteiger partial charge in [-0.25, -0.2) is 8.42 Å². The number of amides is 1. The first-order valence-corrected chi connectivity index (χ1v) is 14.6. The van der Waals surface area contributed by atoms with Crippen LogP contribution in [-0.2, 0) is 21.3 Å². The number of nitrogens with zero attached hydrogens (tertiary/aromatic N) is 2. The molecule has 4 rings (SSSR count). The summed E-state index contributed by atoms with van der Waals surface area (Å²) in [6, 6.07) is 13.7. The Balaban J connectivity index is 1.31. The lowest BCUT2D eigenvalue weighted by Crippen LogP contribution is -2.48. The van der Waals surface area contributed by atoms with E-state index < -0.39 is 28.4 Å². The third-order valence-electron chi connectivity index (χ3n) is 6.84. The molecule has 2 aromatic carbocycles. The second-order valence-corrected chi connectivity index (χ2v) is 11.9. The molecule has 1 heterocycles. The first-order chi connectivity index (χ1) is 18.9. The Morgan fingerprint density at radius 2 is 1.70 bits per heavy atom. The minimum atomic E-state index is -4.80. The highest BCUT2D eigenvalue weighted by Gasteiger charge is 2.37. The lowest BCUT2D eigenvalue weighted by molar-refractivity contribution is -0.337. The average molecular weight is 579 g/mol. The molecule has 1 aliphatic heterocycles. The Morgan fingerprint density at radius 1 is 1.05 bits per heavy atom. The lowest BCUT2D eigenvalue weighted by Gasteiger charge is -2.34. The summed E-state index contributed by atoms with van der Waals surface area (Å²) >= 11 is 0. The summed E-state index contributed by atoms with van der Waals surface area (Å²) in [6.07, 6.45) is -1.31. The van der Waals surface area contributed by atoms with Crippen LogP contribution in [0.4, 0.5) is 18.9 Å². The number of piperazine rings is 1. The van der Waals surface area contributed by atoms with Gasteiger partial charge in [0.1, 0.15) is 0 Å². The number of hydrogen-bond acceptors (Lipinski definition) is 6. The number of nitrogens with one attached hydrogen (secondary N) is 1. The fraction of sp³-hybridized carbons (Fsp3) is 0.393. The molecule has 0 radical (unpaired) electrons. The van der Waals surface area contributed by atoms with Gasteiger partial charge in [0, 0.05) is 55.6 Å². The van der Waals surface area contributed by atoms with Crippen molar-refractivity contribution in [2.45, 2.75) is 38.3 Å². The van der Waals surface area contributed by atoms with E-state index in [1.807, 2.05) is 19.1 Å². The van der Waals surface area contributed by atoms with Gasteiger partial charge in [0.25, 0.3) is 5.91 Å². The van der Waals surface area contributed by atoms with Gasteiger partial charge in [-0.05, 0) is 47.9 Å². The molecule has 2 aliphatic rings. The number of allylic oxidation sites excluding steroid dienone is 1. The standard InChI is InChI=1S/C28H33F3N4O4S/c1-2-17-40(37,38)35-15-13-34(14-16-35)19-20-3-10-24(11-4-20)33-27(36)22-7-5-21(6-8-22)25-18-23(32)9-12-26(25)39-28(29,30)31/h3-12,18,25-26H,2,13-17,19,32H2,1H3,(H,33,36)/t25?,26-/m1/s1. The summed E-state index contributed by atoms with van der Waals surface area (Å²) in [5, 5.41) is 2.83. The van der Waals surface area contributed by atoms with Crippen molar-refractivity contribution >= 4 is 21.6 Å². The zero-order valence-electron chi connectivity index (χ0n) is 22.1. The van der Waals surface area contributed by atoms with Crippen molar-refractivity contribution in [2.24, 2.45) is 5.73 Å². The number of benzene rings is 2. The number of carbonyl (C=O) groups excluding carboxylic acids is 1. The Hall–Kier alpha value is -3.19. The van der Waals surface area contributed by atoms with E-state index >= 15 is 0 Å². The maximum absolute atomic E-state index is 12.8. The molecule has 40 heavy (non-hydrogen) atoms. The molecule has 2 atom stereocenters. The van der Waals surface area contributed by atoms with Crippen LogP contribution in [0.1, 0.15) is 40.7 Å². The van der Waals surface area contributed by atoms with E-state index in [1.165, 1.54) is 18.2 Å². The highest BCUT2D eigenvalue weighted by Crippen LogP contribution is 2.33. The Morgan fingerprint density at radius 3 is 2.30 bits per heavy atom. The van der Waals surface area contributed by atoms with Crippen molar-refractivity contribution in [1.29, 1.82) is 0 Å². The molecule has 1 unspecified atom stereocenters. The molecule has 1 saturated heterocycles. The van der Waals surface area contributed by atoms with Gasteiger partial charge in [-0.15, -0.1) is 13.2 Å². The number of anilines is 1. The minimum Gasteiger partial charge on any atom is -0.399 e. The van der Waals surface area contributed by atoms with Gasteiger partial charge in [0.2, 0.25) is 10.0 Å². The van der Waals surface area contributed by atoms with Gasteiger partial charge < -0.3 is 11.1 Å². The summed E-state index contributed by atoms with van der Waals surface area (Å²) in [7, 11) is -3.18. The number of rotatable bonds is 9. The van der Waals surface area contributed by atoms with Gasteiger partial charge >= 0.3 is 6.36 Å². The van der Waals surface area contributed by atoms with Crippen LogP contribution < -0.4 is 11.1 Å². The third kappa shape index (κ3) is 7.94. The van der Waals surface area contributed by atoms with Crippen molar-refractivity contribution in [3.8, 4) is 0 Å². The number of halogens is 3. The van der Waals surface area contributed by atoms with Crippen molar-refractivity contribution < 1.29 is 31.1 Å². The zero-order chi connectivity index (χ0) is 28.9. The van der Waals surface area contributed by atoms with Crippen molar-refractivity contribution in [3.63, 3.8) is 0 Å². The van der Waals surface area contributed by atoms with Crippen LogP contribution in [-0.4, -0.2) is 67.9 Å². The van der Waals surface area contributed by atoms with E-state index in [0.717, 1.165) is 5.56 Å². The van der Waals surface area contributed by atoms with Gasteiger partial charge in [-0.3, -0.25) is 14.4 Å². The van der Waals surface area contributed by atoms with Crippen LogP contribution in [0.25, 0.3) is 0 Å². The summed E-state index contributed by atoms with van der Waals surface area (Å²) in [6.45, 7) is 4.79. The molecule has 0 bridgehead atoms. The molecule has 1 aliphatic carbocycles. The maximum atomic E-state index is 12.8. The van der Waals surface area contributed by atoms with Gasteiger partial charge in [0.15, 0.2) is 0 Å². The molecule has 0 saturated carbocycles. The van der Waals surface area contributed by atoms with Crippen molar-refractivity contribution in [1.82, 2.24) is 9.21 Å². The van der Waals surface area contributed by atoms with E-state index in [4.69, 9.17) is 5.73 Å². The number of alkyl halides is 3. The van der Waals surface area contributed by atoms with Crippen LogP contribution in [0.3, 0.4) is 0 Å². The Labute approximate surface area is 232 Å². The lowest BCUT2D eigenvalue weighted by atomic mass is 9.88. The number of hydrogen-bond donors (Lipinski definition) is 2. The summed E-state index contributed by atoms with van der Waals surface area (Å²) in [5.41, 5.74) is 8.64. The van der Waals surface area contributed by atoms with Crippen LogP contribution in [0.5, 0.6) is 0 Å². The number of nitrogens with two attached hydrogens (primary N) is 1. The number of sulfonamides is 1. The van der Waals surface area contributed by atoms with Crippen LogP contribution in [0.15, 0.2) is 72.5 Å². The Kier molecular flexibility index (Phi) is 9.34. The van der Waals surface area contributed by atoms with E-state index in [0.29, 0.717) is 61.7 Å². The highest BCUT2D eigenvalue weighted by atomic mass is 32.2. The van der Waals surface area contributed by atoms with Crippen LogP contribution >= 0.6 is 0 Å². The minimum absolute atomic E-state index is 0.173. The molecular formula is C28H33F3N4O4S. The van der Waals surface area contributed by atoms with Gasteiger partial charge in [0.05, 0.1) is 11.9 Å². The number of ether oxygens (including phenoxy) is 1. The zero-order valence-corrected chi connectivity index (χ0v) is 22.9. The SMILES string of the molecule is CCCS(=O)(=O)N1CCN(Cc2ccc(NC(=O)c3ccc(C4C=C(N)C=C[C@H]4OC(F)(F)F)cc3)cc2)CC1. The third-order valence-corrected chi connectivity index (χ3v) is 8.91. The van der Waals surface area contributed by atoms with E-state index in [2.05, 4.69) is 15.0 Å². The molecule has 1 fully saturated rings. The topological polar surface area (TPSA) is 105 Å². The van der Waals surface area contributed by atoms with Gasteiger partial charge in [-0.2, -0.15) is 4.31 Å². The summed E-state index contributed by atoms with van der Waals surface area (Å²) in [5.74, 6) is -0.933. The normalized spacial score (nSPS) is 20.8. The smallest absolute Gasteiger partial charge is 0.399 e. The first kappa shape index (κ1) is 29.8. The summed E-state index contributed by atoms with van der Waals surface area (Å²) < 4.78 is 68.8. The fourth-order valence-electron chi connectivity index (χ4n) is 4.80. The average Bonchev–Trinajstić information content (AvgIpc) is 2.90. The van der Waals surface area contributed by atoms with E-state index in [-0.39, 0.29) is 11.7 Å². The molecule has 12 heteroatoms. The molecule has 1 amide bonds. The second kappa shape index (κ2) is 12.5. The molecule has 0 aromatic heterocycles. The molecule has 216 valence electrons. The predicted octanol–water partition coefficient (Wildman–Crippen LogP) is 4.20. The molecular weight excluding hydrogens is 545 g/mol.